The van der Waals surface area contributed by atoms with Crippen molar-refractivity contribution >= 4 is 16.0 Å². The van der Waals surface area contributed by atoms with Gasteiger partial charge in [-0.1, -0.05) is 6.92 Å². The predicted molar refractivity (Wildman–Crippen MR) is 60.3 cm³/mol. The van der Waals surface area contributed by atoms with Gasteiger partial charge in [-0.05, 0) is 0 Å². The summed E-state index contributed by atoms with van der Waals surface area (Å²) in [6, 6.07) is 0. The third kappa shape index (κ3) is 4.01. The maximum absolute atomic E-state index is 12.3. The molecule has 0 aliphatic heterocycles. The van der Waals surface area contributed by atoms with Crippen LogP contribution in [0, 0.1) is 0 Å². The Morgan fingerprint density at radius 1 is 1.37 bits per heavy atom. The zero-order valence-corrected chi connectivity index (χ0v) is 10.7. The molecule has 19 heavy (non-hydrogen) atoms. The van der Waals surface area contributed by atoms with E-state index in [0.717, 1.165) is 12.4 Å². The topological polar surface area (TPSA) is 101 Å². The normalized spacial score (nSPS) is 12.7. The third-order valence-electron chi connectivity index (χ3n) is 2.10. The summed E-state index contributed by atoms with van der Waals surface area (Å²) in [7, 11) is -4.29. The van der Waals surface area contributed by atoms with Crippen LogP contribution >= 0.6 is 0 Å². The summed E-state index contributed by atoms with van der Waals surface area (Å²) in [4.78, 5) is 6.65. The first-order valence-electron chi connectivity index (χ1n) is 5.06. The molecule has 7 nitrogen and oxygen atoms in total. The Morgan fingerprint density at radius 3 is 2.26 bits per heavy atom. The standard InChI is InChI=1S/C8H12F3N5O2S/c1-2-16(5-8(9,10)11)19(17,18)6-3-13-7(15-12)14-4-6/h3-4H,2,5,12H2,1H3,(H,13,14,15). The molecule has 0 unspecified atom stereocenters. The number of alkyl halides is 3. The van der Waals surface area contributed by atoms with Gasteiger partial charge in [-0.3, -0.25) is 5.43 Å². The molecule has 1 aromatic heterocycles. The molecule has 0 radical (unpaired) electrons. The van der Waals surface area contributed by atoms with Crippen molar-refractivity contribution in [3.8, 4) is 0 Å². The van der Waals surface area contributed by atoms with E-state index in [1.165, 1.54) is 6.92 Å². The molecule has 1 rings (SSSR count). The molecule has 0 aliphatic carbocycles. The monoisotopic (exact) mass is 299 g/mol. The summed E-state index contributed by atoms with van der Waals surface area (Å²) in [6.45, 7) is -0.582. The zero-order chi connectivity index (χ0) is 14.7. The first kappa shape index (κ1) is 15.6. The highest BCUT2D eigenvalue weighted by atomic mass is 32.2. The summed E-state index contributed by atoms with van der Waals surface area (Å²) in [6.07, 6.45) is -2.85. The molecule has 0 saturated heterocycles. The summed E-state index contributed by atoms with van der Waals surface area (Å²) in [5.74, 6) is 4.95. The van der Waals surface area contributed by atoms with E-state index in [2.05, 4.69) is 15.4 Å². The SMILES string of the molecule is CCN(CC(F)(F)F)S(=O)(=O)c1cnc(NN)nc1. The van der Waals surface area contributed by atoms with Crippen molar-refractivity contribution < 1.29 is 21.6 Å². The highest BCUT2D eigenvalue weighted by Gasteiger charge is 2.36. The van der Waals surface area contributed by atoms with Gasteiger partial charge in [0.2, 0.25) is 16.0 Å². The Balaban J connectivity index is 3.06. The number of hydrogen-bond donors (Lipinski definition) is 2. The number of nitrogens with two attached hydrogens (primary N) is 1. The maximum Gasteiger partial charge on any atom is 0.402 e. The number of anilines is 1. The third-order valence-corrected chi connectivity index (χ3v) is 3.98. The average Bonchev–Trinajstić information content (AvgIpc) is 2.34. The van der Waals surface area contributed by atoms with Gasteiger partial charge in [-0.25, -0.2) is 24.2 Å². The molecule has 1 heterocycles. The first-order chi connectivity index (χ1) is 8.70. The van der Waals surface area contributed by atoms with Crippen molar-refractivity contribution in [1.29, 1.82) is 0 Å². The van der Waals surface area contributed by atoms with Crippen molar-refractivity contribution in [3.63, 3.8) is 0 Å². The molecule has 108 valence electrons. The molecule has 0 fully saturated rings. The van der Waals surface area contributed by atoms with Crippen LogP contribution in [0.25, 0.3) is 0 Å². The number of nitrogen functional groups attached to an aromatic ring is 1. The number of nitrogens with zero attached hydrogens (tertiary/aromatic N) is 3. The summed E-state index contributed by atoms with van der Waals surface area (Å²) in [5.41, 5.74) is 2.08. The Bertz CT molecular complexity index is 516. The van der Waals surface area contributed by atoms with Gasteiger partial charge in [0, 0.05) is 6.54 Å². The minimum Gasteiger partial charge on any atom is -0.292 e. The lowest BCUT2D eigenvalue weighted by atomic mass is 10.6. The van der Waals surface area contributed by atoms with Gasteiger partial charge in [0.15, 0.2) is 0 Å². The Labute approximate surface area is 107 Å². The number of hydrogen-bond acceptors (Lipinski definition) is 6. The Kier molecular flexibility index (Phi) is 4.66. The van der Waals surface area contributed by atoms with E-state index >= 15 is 0 Å². The number of sulfonamides is 1. The molecule has 0 spiro atoms. The van der Waals surface area contributed by atoms with Crippen molar-refractivity contribution in [2.24, 2.45) is 5.84 Å². The molecule has 3 N–H and O–H groups in total. The van der Waals surface area contributed by atoms with Crippen LogP contribution in [0.15, 0.2) is 17.3 Å². The molecule has 0 aromatic carbocycles. The van der Waals surface area contributed by atoms with E-state index in [-0.39, 0.29) is 12.5 Å². The van der Waals surface area contributed by atoms with E-state index in [9.17, 15) is 21.6 Å². The minimum atomic E-state index is -4.62. The quantitative estimate of drug-likeness (QED) is 0.600. The van der Waals surface area contributed by atoms with Gasteiger partial charge < -0.3 is 0 Å². The molecule has 1 aromatic rings. The van der Waals surface area contributed by atoms with E-state index in [1.807, 2.05) is 0 Å². The van der Waals surface area contributed by atoms with Crippen LogP contribution in [0.2, 0.25) is 0 Å². The zero-order valence-electron chi connectivity index (χ0n) is 9.85. The van der Waals surface area contributed by atoms with Crippen molar-refractivity contribution in [1.82, 2.24) is 14.3 Å². The van der Waals surface area contributed by atoms with Crippen LogP contribution < -0.4 is 11.3 Å². The molecule has 0 amide bonds. The fourth-order valence-electron chi connectivity index (χ4n) is 1.24. The number of nitrogens with one attached hydrogen (secondary N) is 1. The van der Waals surface area contributed by atoms with Crippen molar-refractivity contribution in [3.05, 3.63) is 12.4 Å². The predicted octanol–water partition coefficient (Wildman–Crippen LogP) is 0.335. The summed E-state index contributed by atoms with van der Waals surface area (Å²) in [5, 5.41) is 0. The molecular weight excluding hydrogens is 287 g/mol. The molecular formula is C8H12F3N5O2S. The maximum atomic E-state index is 12.3. The Morgan fingerprint density at radius 2 is 1.89 bits per heavy atom. The molecule has 0 saturated carbocycles. The second-order valence-corrected chi connectivity index (χ2v) is 5.37. The molecule has 0 bridgehead atoms. The number of halogens is 3. The van der Waals surface area contributed by atoms with Gasteiger partial charge >= 0.3 is 6.18 Å². The number of aromatic nitrogens is 2. The van der Waals surface area contributed by atoms with Gasteiger partial charge in [0.25, 0.3) is 0 Å². The van der Waals surface area contributed by atoms with Crippen molar-refractivity contribution in [2.45, 2.75) is 18.0 Å². The average molecular weight is 299 g/mol. The van der Waals surface area contributed by atoms with Crippen LogP contribution in [0.4, 0.5) is 19.1 Å². The largest absolute Gasteiger partial charge is 0.402 e. The van der Waals surface area contributed by atoms with Gasteiger partial charge in [-0.2, -0.15) is 17.5 Å². The second-order valence-electron chi connectivity index (χ2n) is 3.43. The minimum absolute atomic E-state index is 0.0437. The smallest absolute Gasteiger partial charge is 0.292 e. The second kappa shape index (κ2) is 5.67. The summed E-state index contributed by atoms with van der Waals surface area (Å²) >= 11 is 0. The lowest BCUT2D eigenvalue weighted by Gasteiger charge is -2.21. The van der Waals surface area contributed by atoms with E-state index < -0.39 is 27.6 Å². The fraction of sp³-hybridized carbons (Fsp3) is 0.500. The van der Waals surface area contributed by atoms with Gasteiger partial charge in [0.1, 0.15) is 11.4 Å². The highest BCUT2D eigenvalue weighted by Crippen LogP contribution is 2.21. The number of rotatable bonds is 5. The highest BCUT2D eigenvalue weighted by molar-refractivity contribution is 7.89. The molecule has 0 atom stereocenters. The Hall–Kier alpha value is -1.46. The van der Waals surface area contributed by atoms with Crippen LogP contribution in [0.1, 0.15) is 6.92 Å². The van der Waals surface area contributed by atoms with Crippen LogP contribution in [0.3, 0.4) is 0 Å². The van der Waals surface area contributed by atoms with Crippen LogP contribution in [0.5, 0.6) is 0 Å². The first-order valence-corrected chi connectivity index (χ1v) is 6.50. The lowest BCUT2D eigenvalue weighted by Crippen LogP contribution is -2.38. The van der Waals surface area contributed by atoms with Crippen molar-refractivity contribution in [2.75, 3.05) is 18.5 Å². The molecule has 0 aliphatic rings. The van der Waals surface area contributed by atoms with Gasteiger partial charge in [-0.15, -0.1) is 0 Å². The molecule has 11 heteroatoms. The van der Waals surface area contributed by atoms with E-state index in [4.69, 9.17) is 5.84 Å². The summed E-state index contributed by atoms with van der Waals surface area (Å²) < 4.78 is 61.0. The van der Waals surface area contributed by atoms with E-state index in [1.54, 1.807) is 0 Å². The van der Waals surface area contributed by atoms with Crippen LogP contribution in [-0.2, 0) is 10.0 Å². The van der Waals surface area contributed by atoms with Gasteiger partial charge in [0.05, 0.1) is 12.4 Å². The van der Waals surface area contributed by atoms with E-state index in [0.29, 0.717) is 4.31 Å². The lowest BCUT2D eigenvalue weighted by molar-refractivity contribution is -0.135. The van der Waals surface area contributed by atoms with Crippen LogP contribution in [-0.4, -0.2) is 42.0 Å². The fourth-order valence-corrected chi connectivity index (χ4v) is 2.57. The number of hydrazine groups is 1.